The number of hydrogen-bond acceptors (Lipinski definition) is 3. The van der Waals surface area contributed by atoms with E-state index in [2.05, 4.69) is 44.9 Å². The summed E-state index contributed by atoms with van der Waals surface area (Å²) < 4.78 is 0. The Labute approximate surface area is 133 Å². The quantitative estimate of drug-likeness (QED) is 0.500. The van der Waals surface area contributed by atoms with Gasteiger partial charge in [0, 0.05) is 11.6 Å². The molecule has 0 aliphatic heterocycles. The Morgan fingerprint density at radius 2 is 1.71 bits per heavy atom. The van der Waals surface area contributed by atoms with Crippen molar-refractivity contribution in [2.24, 2.45) is 17.7 Å². The van der Waals surface area contributed by atoms with Gasteiger partial charge in [0.2, 0.25) is 0 Å². The fraction of sp³-hybridized carbons (Fsp3) is 1.00. The van der Waals surface area contributed by atoms with E-state index in [0.717, 1.165) is 24.9 Å². The summed E-state index contributed by atoms with van der Waals surface area (Å²) in [6.45, 7) is 13.8. The summed E-state index contributed by atoms with van der Waals surface area (Å²) in [7, 11) is 0. The molecule has 0 amide bonds. The highest BCUT2D eigenvalue weighted by Gasteiger charge is 2.44. The van der Waals surface area contributed by atoms with Crippen molar-refractivity contribution in [2.45, 2.75) is 91.1 Å². The van der Waals surface area contributed by atoms with Crippen LogP contribution in [0.15, 0.2) is 0 Å². The van der Waals surface area contributed by atoms with Gasteiger partial charge in [0.1, 0.15) is 0 Å². The number of hydrogen-bond donors (Lipinski definition) is 2. The first-order valence-electron chi connectivity index (χ1n) is 9.34. The van der Waals surface area contributed by atoms with E-state index < -0.39 is 0 Å². The van der Waals surface area contributed by atoms with Crippen molar-refractivity contribution >= 4 is 0 Å². The second kappa shape index (κ2) is 9.12. The van der Waals surface area contributed by atoms with Gasteiger partial charge in [0.05, 0.1) is 0 Å². The molecule has 3 heteroatoms. The van der Waals surface area contributed by atoms with E-state index in [0.29, 0.717) is 6.04 Å². The molecule has 126 valence electrons. The number of nitrogens with two attached hydrogens (primary N) is 1. The lowest BCUT2D eigenvalue weighted by molar-refractivity contribution is 0.0129. The molecule has 3 N–H and O–H groups in total. The molecule has 1 rings (SSSR count). The van der Waals surface area contributed by atoms with Gasteiger partial charge in [-0.25, -0.2) is 0 Å². The van der Waals surface area contributed by atoms with Gasteiger partial charge in [-0.1, -0.05) is 53.9 Å². The summed E-state index contributed by atoms with van der Waals surface area (Å²) in [6.07, 6.45) is 9.16. The van der Waals surface area contributed by atoms with E-state index in [1.165, 1.54) is 44.9 Å². The van der Waals surface area contributed by atoms with E-state index in [9.17, 15) is 0 Å². The van der Waals surface area contributed by atoms with Crippen LogP contribution in [0, 0.1) is 11.8 Å². The van der Waals surface area contributed by atoms with E-state index >= 15 is 0 Å². The molecule has 1 aliphatic rings. The smallest absolute Gasteiger partial charge is 0.0422 e. The third kappa shape index (κ3) is 4.00. The first-order chi connectivity index (χ1) is 10.1. The largest absolute Gasteiger partial charge is 0.297 e. The lowest BCUT2D eigenvalue weighted by Crippen LogP contribution is -2.65. The van der Waals surface area contributed by atoms with Crippen molar-refractivity contribution in [1.82, 2.24) is 10.3 Å². The molecule has 0 aromatic heterocycles. The third-order valence-corrected chi connectivity index (χ3v) is 6.25. The van der Waals surface area contributed by atoms with Crippen LogP contribution in [0.3, 0.4) is 0 Å². The molecular weight excluding hydrogens is 258 g/mol. The Morgan fingerprint density at radius 1 is 1.10 bits per heavy atom. The van der Waals surface area contributed by atoms with E-state index in [4.69, 9.17) is 5.84 Å². The monoisotopic (exact) mass is 297 g/mol. The standard InChI is InChI=1S/C18H39N3/c1-6-15-12-11-13-16(14-15)17(20-19)18(7-2,8-3)21(9-4)10-5/h15-17,20H,6-14,19H2,1-5H3. The molecule has 21 heavy (non-hydrogen) atoms. The van der Waals surface area contributed by atoms with E-state index in [-0.39, 0.29) is 5.54 Å². The Kier molecular flexibility index (Phi) is 8.22. The maximum Gasteiger partial charge on any atom is 0.0422 e. The molecule has 3 atom stereocenters. The van der Waals surface area contributed by atoms with Crippen molar-refractivity contribution in [3.8, 4) is 0 Å². The van der Waals surface area contributed by atoms with E-state index in [1.54, 1.807) is 0 Å². The van der Waals surface area contributed by atoms with Crippen molar-refractivity contribution in [1.29, 1.82) is 0 Å². The van der Waals surface area contributed by atoms with Gasteiger partial charge < -0.3 is 0 Å². The zero-order chi connectivity index (χ0) is 15.9. The van der Waals surface area contributed by atoms with Gasteiger partial charge in [-0.2, -0.15) is 0 Å². The minimum Gasteiger partial charge on any atom is -0.297 e. The SMILES string of the molecule is CCC1CCCC(C(NN)C(CC)(CC)N(CC)CC)C1. The highest BCUT2D eigenvalue weighted by atomic mass is 15.3. The third-order valence-electron chi connectivity index (χ3n) is 6.25. The molecule has 3 nitrogen and oxygen atoms in total. The number of nitrogens with zero attached hydrogens (tertiary/aromatic N) is 1. The summed E-state index contributed by atoms with van der Waals surface area (Å²) in [5.41, 5.74) is 3.47. The summed E-state index contributed by atoms with van der Waals surface area (Å²) in [5, 5.41) is 0. The zero-order valence-corrected chi connectivity index (χ0v) is 15.1. The van der Waals surface area contributed by atoms with Crippen LogP contribution in [0.1, 0.15) is 79.6 Å². The van der Waals surface area contributed by atoms with Crippen LogP contribution >= 0.6 is 0 Å². The fourth-order valence-corrected chi connectivity index (χ4v) is 4.92. The molecule has 0 aromatic carbocycles. The average molecular weight is 298 g/mol. The minimum atomic E-state index is 0.207. The normalized spacial score (nSPS) is 25.3. The van der Waals surface area contributed by atoms with Crippen LogP contribution in [-0.2, 0) is 0 Å². The number of nitrogens with one attached hydrogen (secondary N) is 1. The average Bonchev–Trinajstić information content (AvgIpc) is 2.55. The fourth-order valence-electron chi connectivity index (χ4n) is 4.92. The van der Waals surface area contributed by atoms with Gasteiger partial charge in [-0.3, -0.25) is 16.2 Å². The van der Waals surface area contributed by atoms with E-state index in [1.807, 2.05) is 0 Å². The first-order valence-corrected chi connectivity index (χ1v) is 9.34. The van der Waals surface area contributed by atoms with Gasteiger partial charge in [0.25, 0.3) is 0 Å². The summed E-state index contributed by atoms with van der Waals surface area (Å²) in [6, 6.07) is 0.418. The summed E-state index contributed by atoms with van der Waals surface area (Å²) in [4.78, 5) is 2.65. The predicted molar refractivity (Wildman–Crippen MR) is 93.1 cm³/mol. The van der Waals surface area contributed by atoms with Crippen LogP contribution in [0.25, 0.3) is 0 Å². The Balaban J connectivity index is 3.00. The maximum atomic E-state index is 6.10. The predicted octanol–water partition coefficient (Wildman–Crippen LogP) is 3.94. The van der Waals surface area contributed by atoms with Crippen molar-refractivity contribution in [3.63, 3.8) is 0 Å². The van der Waals surface area contributed by atoms with Gasteiger partial charge >= 0.3 is 0 Å². The van der Waals surface area contributed by atoms with Gasteiger partial charge in [0.15, 0.2) is 0 Å². The Morgan fingerprint density at radius 3 is 2.14 bits per heavy atom. The van der Waals surface area contributed by atoms with Gasteiger partial charge in [-0.15, -0.1) is 0 Å². The van der Waals surface area contributed by atoms with Crippen LogP contribution in [-0.4, -0.2) is 29.6 Å². The highest BCUT2D eigenvalue weighted by molar-refractivity contribution is 5.01. The molecule has 0 spiro atoms. The molecule has 0 saturated heterocycles. The van der Waals surface area contributed by atoms with Crippen molar-refractivity contribution < 1.29 is 0 Å². The molecule has 1 fully saturated rings. The van der Waals surface area contributed by atoms with Crippen LogP contribution in [0.2, 0.25) is 0 Å². The second-order valence-electron chi connectivity index (χ2n) is 6.83. The Bertz CT molecular complexity index is 272. The van der Waals surface area contributed by atoms with Gasteiger partial charge in [-0.05, 0) is 50.6 Å². The molecular formula is C18H39N3. The molecule has 1 saturated carbocycles. The molecule has 0 bridgehead atoms. The number of likely N-dealkylation sites (N-methyl/N-ethyl adjacent to an activating group) is 1. The zero-order valence-electron chi connectivity index (χ0n) is 15.1. The number of rotatable bonds is 9. The number of hydrazine groups is 1. The maximum absolute atomic E-state index is 6.10. The molecule has 0 aromatic rings. The second-order valence-corrected chi connectivity index (χ2v) is 6.83. The first kappa shape index (κ1) is 18.9. The summed E-state index contributed by atoms with van der Waals surface area (Å²) in [5.74, 6) is 7.73. The highest BCUT2D eigenvalue weighted by Crippen LogP contribution is 2.39. The summed E-state index contributed by atoms with van der Waals surface area (Å²) >= 11 is 0. The minimum absolute atomic E-state index is 0.207. The van der Waals surface area contributed by atoms with Crippen molar-refractivity contribution in [3.05, 3.63) is 0 Å². The Hall–Kier alpha value is -0.120. The molecule has 0 radical (unpaired) electrons. The lowest BCUT2D eigenvalue weighted by atomic mass is 9.69. The molecule has 3 unspecified atom stereocenters. The molecule has 1 aliphatic carbocycles. The van der Waals surface area contributed by atoms with Crippen LogP contribution < -0.4 is 11.3 Å². The lowest BCUT2D eigenvalue weighted by Gasteiger charge is -2.51. The van der Waals surface area contributed by atoms with Crippen LogP contribution in [0.4, 0.5) is 0 Å². The van der Waals surface area contributed by atoms with Crippen molar-refractivity contribution in [2.75, 3.05) is 13.1 Å². The topological polar surface area (TPSA) is 41.3 Å². The van der Waals surface area contributed by atoms with Crippen LogP contribution in [0.5, 0.6) is 0 Å². The molecule has 0 heterocycles.